The molecular weight excluding hydrogens is 432 g/mol. The number of hydrogen-bond donors (Lipinski definition) is 0. The molecule has 0 saturated heterocycles. The quantitative estimate of drug-likeness (QED) is 0.333. The number of para-hydroxylation sites is 2. The van der Waals surface area contributed by atoms with Gasteiger partial charge >= 0.3 is 0 Å². The topological polar surface area (TPSA) is 68.1 Å². The number of carbonyl (C=O) groups excluding carboxylic acids is 1. The summed E-state index contributed by atoms with van der Waals surface area (Å²) in [5.74, 6) is 0.495. The summed E-state index contributed by atoms with van der Waals surface area (Å²) in [6, 6.07) is 19.1. The van der Waals surface area contributed by atoms with Crippen LogP contribution in [0, 0.1) is 6.92 Å². The first-order valence-electron chi connectivity index (χ1n) is 11.0. The van der Waals surface area contributed by atoms with E-state index < -0.39 is 5.25 Å². The largest absolute Gasteiger partial charge is 0.308 e. The van der Waals surface area contributed by atoms with E-state index in [9.17, 15) is 9.59 Å². The van der Waals surface area contributed by atoms with Crippen molar-refractivity contribution in [3.8, 4) is 5.82 Å². The molecular formula is C26H24N4O2S. The monoisotopic (exact) mass is 456 g/mol. The summed E-state index contributed by atoms with van der Waals surface area (Å²) in [6.07, 6.45) is 2.56. The number of anilines is 1. The van der Waals surface area contributed by atoms with Crippen LogP contribution in [0.25, 0.3) is 16.7 Å². The summed E-state index contributed by atoms with van der Waals surface area (Å²) in [6.45, 7) is 5.88. The molecule has 0 radical (unpaired) electrons. The van der Waals surface area contributed by atoms with Crippen LogP contribution in [0.3, 0.4) is 0 Å². The second-order valence-electron chi connectivity index (χ2n) is 8.40. The van der Waals surface area contributed by atoms with E-state index in [1.165, 1.54) is 21.9 Å². The molecule has 7 heteroatoms. The third-order valence-electron chi connectivity index (χ3n) is 5.94. The van der Waals surface area contributed by atoms with E-state index in [1.54, 1.807) is 12.3 Å². The summed E-state index contributed by atoms with van der Waals surface area (Å²) in [7, 11) is 0. The lowest BCUT2D eigenvalue weighted by Gasteiger charge is -2.26. The zero-order chi connectivity index (χ0) is 23.1. The van der Waals surface area contributed by atoms with Gasteiger partial charge in [0, 0.05) is 17.9 Å². The first kappa shape index (κ1) is 21.4. The Hall–Kier alpha value is -3.45. The second kappa shape index (κ2) is 8.48. The van der Waals surface area contributed by atoms with Crippen molar-refractivity contribution in [1.82, 2.24) is 14.5 Å². The van der Waals surface area contributed by atoms with E-state index in [4.69, 9.17) is 4.98 Å². The molecule has 0 aliphatic carbocycles. The lowest BCUT2D eigenvalue weighted by molar-refractivity contribution is -0.118. The number of thioether (sulfide) groups is 1. The molecule has 0 saturated carbocycles. The van der Waals surface area contributed by atoms with Gasteiger partial charge in [0.25, 0.3) is 5.56 Å². The Labute approximate surface area is 196 Å². The molecule has 2 aromatic heterocycles. The maximum atomic E-state index is 13.5. The lowest BCUT2D eigenvalue weighted by atomic mass is 10.1. The number of benzene rings is 2. The molecule has 2 unspecified atom stereocenters. The first-order chi connectivity index (χ1) is 15.9. The zero-order valence-electron chi connectivity index (χ0n) is 18.7. The zero-order valence-corrected chi connectivity index (χ0v) is 19.5. The second-order valence-corrected chi connectivity index (χ2v) is 9.70. The average molecular weight is 457 g/mol. The number of rotatable bonds is 4. The fourth-order valence-electron chi connectivity index (χ4n) is 4.29. The maximum absolute atomic E-state index is 13.5. The van der Waals surface area contributed by atoms with Gasteiger partial charge in [0.1, 0.15) is 5.82 Å². The normalized spacial score (nSPS) is 16.1. The van der Waals surface area contributed by atoms with E-state index in [1.807, 2.05) is 67.3 Å². The molecule has 0 N–H and O–H groups in total. The predicted molar refractivity (Wildman–Crippen MR) is 132 cm³/mol. The van der Waals surface area contributed by atoms with Crippen molar-refractivity contribution in [2.45, 2.75) is 43.6 Å². The Kier molecular flexibility index (Phi) is 5.50. The minimum atomic E-state index is -0.441. The SMILES string of the molecule is Cc1ccc(-n2c(SC(C)C(=O)N3c4ccccc4CC3C)nc3ccccc3c2=O)nc1. The molecule has 1 aliphatic heterocycles. The highest BCUT2D eigenvalue weighted by atomic mass is 32.2. The van der Waals surface area contributed by atoms with Crippen LogP contribution < -0.4 is 10.5 Å². The van der Waals surface area contributed by atoms with Gasteiger partial charge in [-0.25, -0.2) is 14.5 Å². The summed E-state index contributed by atoms with van der Waals surface area (Å²) in [4.78, 5) is 38.1. The van der Waals surface area contributed by atoms with E-state index in [2.05, 4.69) is 18.0 Å². The van der Waals surface area contributed by atoms with Crippen molar-refractivity contribution in [3.05, 3.63) is 88.3 Å². The predicted octanol–water partition coefficient (Wildman–Crippen LogP) is 4.55. The minimum Gasteiger partial charge on any atom is -0.308 e. The van der Waals surface area contributed by atoms with Crippen LogP contribution in [0.4, 0.5) is 5.69 Å². The van der Waals surface area contributed by atoms with Gasteiger partial charge in [-0.1, -0.05) is 48.2 Å². The van der Waals surface area contributed by atoms with Gasteiger partial charge in [-0.05, 0) is 62.6 Å². The number of aromatic nitrogens is 3. The molecule has 166 valence electrons. The Balaban J connectivity index is 1.56. The van der Waals surface area contributed by atoms with E-state index in [-0.39, 0.29) is 17.5 Å². The number of carbonyl (C=O) groups is 1. The maximum Gasteiger partial charge on any atom is 0.267 e. The van der Waals surface area contributed by atoms with Crippen molar-refractivity contribution in [1.29, 1.82) is 0 Å². The van der Waals surface area contributed by atoms with Crippen LogP contribution in [-0.2, 0) is 11.2 Å². The highest BCUT2D eigenvalue weighted by Crippen LogP contribution is 2.35. The molecule has 0 bridgehead atoms. The molecule has 1 aliphatic rings. The average Bonchev–Trinajstić information content (AvgIpc) is 3.15. The van der Waals surface area contributed by atoms with Gasteiger partial charge in [-0.2, -0.15) is 0 Å². The fraction of sp³-hybridized carbons (Fsp3) is 0.231. The van der Waals surface area contributed by atoms with Crippen LogP contribution >= 0.6 is 11.8 Å². The number of aryl methyl sites for hydroxylation is 1. The highest BCUT2D eigenvalue weighted by molar-refractivity contribution is 8.00. The van der Waals surface area contributed by atoms with Gasteiger partial charge in [0.15, 0.2) is 5.16 Å². The van der Waals surface area contributed by atoms with Crippen molar-refractivity contribution < 1.29 is 4.79 Å². The minimum absolute atomic E-state index is 0.00303. The van der Waals surface area contributed by atoms with Crippen LogP contribution in [-0.4, -0.2) is 31.7 Å². The molecule has 1 amide bonds. The molecule has 2 atom stereocenters. The Morgan fingerprint density at radius 3 is 2.64 bits per heavy atom. The standard InChI is InChI=1S/C26H24N4O2S/c1-16-12-13-23(27-15-16)30-25(32)20-9-5-6-10-21(20)28-26(30)33-18(3)24(31)29-17(2)14-19-8-4-7-11-22(19)29/h4-13,15,17-18H,14H2,1-3H3. The van der Waals surface area contributed by atoms with Crippen LogP contribution in [0.1, 0.15) is 25.0 Å². The van der Waals surface area contributed by atoms with E-state index >= 15 is 0 Å². The molecule has 0 fully saturated rings. The highest BCUT2D eigenvalue weighted by Gasteiger charge is 2.34. The third kappa shape index (κ3) is 3.82. The Bertz CT molecular complexity index is 1410. The van der Waals surface area contributed by atoms with Crippen molar-refractivity contribution >= 4 is 34.3 Å². The molecule has 3 heterocycles. The Morgan fingerprint density at radius 1 is 1.09 bits per heavy atom. The number of hydrogen-bond acceptors (Lipinski definition) is 5. The summed E-state index contributed by atoms with van der Waals surface area (Å²) >= 11 is 1.29. The van der Waals surface area contributed by atoms with Gasteiger partial charge in [0.2, 0.25) is 5.91 Å². The summed E-state index contributed by atoms with van der Waals surface area (Å²) < 4.78 is 1.51. The van der Waals surface area contributed by atoms with E-state index in [0.717, 1.165) is 17.7 Å². The number of amides is 1. The smallest absolute Gasteiger partial charge is 0.267 e. The van der Waals surface area contributed by atoms with Crippen molar-refractivity contribution in [3.63, 3.8) is 0 Å². The van der Waals surface area contributed by atoms with Crippen LogP contribution in [0.15, 0.2) is 76.8 Å². The fourth-order valence-corrected chi connectivity index (χ4v) is 5.25. The molecule has 2 aromatic carbocycles. The van der Waals surface area contributed by atoms with Gasteiger partial charge in [0.05, 0.1) is 16.2 Å². The first-order valence-corrected chi connectivity index (χ1v) is 11.8. The van der Waals surface area contributed by atoms with Crippen LogP contribution in [0.2, 0.25) is 0 Å². The molecule has 6 nitrogen and oxygen atoms in total. The van der Waals surface area contributed by atoms with Crippen LogP contribution in [0.5, 0.6) is 0 Å². The van der Waals surface area contributed by atoms with Gasteiger partial charge in [-0.15, -0.1) is 0 Å². The Morgan fingerprint density at radius 2 is 1.85 bits per heavy atom. The molecule has 5 rings (SSSR count). The van der Waals surface area contributed by atoms with Crippen molar-refractivity contribution in [2.75, 3.05) is 4.90 Å². The summed E-state index contributed by atoms with van der Waals surface area (Å²) in [5, 5.41) is 0.532. The molecule has 33 heavy (non-hydrogen) atoms. The third-order valence-corrected chi connectivity index (χ3v) is 6.98. The van der Waals surface area contributed by atoms with Gasteiger partial charge < -0.3 is 4.90 Å². The number of nitrogens with zero attached hydrogens (tertiary/aromatic N) is 4. The van der Waals surface area contributed by atoms with Crippen molar-refractivity contribution in [2.24, 2.45) is 0 Å². The summed E-state index contributed by atoms with van der Waals surface area (Å²) in [5.41, 5.74) is 3.55. The number of pyridine rings is 1. The lowest BCUT2D eigenvalue weighted by Crippen LogP contribution is -2.40. The number of fused-ring (bicyclic) bond motifs is 2. The molecule has 0 spiro atoms. The molecule has 4 aromatic rings. The van der Waals surface area contributed by atoms with E-state index in [0.29, 0.717) is 21.9 Å². The van der Waals surface area contributed by atoms with Gasteiger partial charge in [-0.3, -0.25) is 9.59 Å².